The zero-order valence-electron chi connectivity index (χ0n) is 15.3. The number of esters is 1. The van der Waals surface area contributed by atoms with Crippen molar-refractivity contribution in [1.29, 1.82) is 0 Å². The first-order valence-corrected chi connectivity index (χ1v) is 8.84. The molecule has 0 amide bonds. The van der Waals surface area contributed by atoms with E-state index in [0.717, 1.165) is 22.5 Å². The zero-order chi connectivity index (χ0) is 19.3. The number of aliphatic imine (C=N–C) groups is 1. The Bertz CT molecular complexity index is 1090. The minimum Gasteiger partial charge on any atom is -0.469 e. The second kappa shape index (κ2) is 7.84. The molecule has 2 aromatic heterocycles. The molecule has 0 aliphatic carbocycles. The summed E-state index contributed by atoms with van der Waals surface area (Å²) < 4.78 is 6.30. The van der Waals surface area contributed by atoms with Crippen molar-refractivity contribution in [2.24, 2.45) is 4.99 Å². The standard InChI is InChI=1S/C22H18N4O2/c1-28-21(27)15-19-24-20-14-18(12-13-26(20)25-19)23-22(16-8-4-2-5-9-16)17-10-6-3-7-11-17/h2-14H,15H2,1H3. The average Bonchev–Trinajstić information content (AvgIpc) is 3.14. The molecular formula is C22H18N4O2. The molecule has 6 nitrogen and oxygen atoms in total. The highest BCUT2D eigenvalue weighted by Crippen LogP contribution is 2.19. The molecule has 0 radical (unpaired) electrons. The molecule has 0 saturated carbocycles. The van der Waals surface area contributed by atoms with Crippen LogP contribution in [0.2, 0.25) is 0 Å². The maximum absolute atomic E-state index is 11.5. The van der Waals surface area contributed by atoms with Crippen molar-refractivity contribution in [3.8, 4) is 0 Å². The minimum atomic E-state index is -0.371. The van der Waals surface area contributed by atoms with Crippen LogP contribution in [-0.4, -0.2) is 33.4 Å². The summed E-state index contributed by atoms with van der Waals surface area (Å²) in [4.78, 5) is 20.7. The highest BCUT2D eigenvalue weighted by molar-refractivity contribution is 6.13. The number of carbonyl (C=O) groups is 1. The van der Waals surface area contributed by atoms with Gasteiger partial charge in [-0.05, 0) is 6.07 Å². The van der Waals surface area contributed by atoms with Crippen molar-refractivity contribution < 1.29 is 9.53 Å². The molecule has 0 saturated heterocycles. The maximum Gasteiger partial charge on any atom is 0.313 e. The van der Waals surface area contributed by atoms with Gasteiger partial charge >= 0.3 is 5.97 Å². The fourth-order valence-corrected chi connectivity index (χ4v) is 2.88. The molecule has 2 aromatic carbocycles. The molecule has 28 heavy (non-hydrogen) atoms. The van der Waals surface area contributed by atoms with Gasteiger partial charge in [-0.3, -0.25) is 4.79 Å². The largest absolute Gasteiger partial charge is 0.469 e. The van der Waals surface area contributed by atoms with E-state index in [2.05, 4.69) is 14.8 Å². The smallest absolute Gasteiger partial charge is 0.313 e. The summed E-state index contributed by atoms with van der Waals surface area (Å²) >= 11 is 0. The number of carbonyl (C=O) groups excluding carboxylic acids is 1. The van der Waals surface area contributed by atoms with E-state index in [0.29, 0.717) is 11.5 Å². The van der Waals surface area contributed by atoms with Crippen LogP contribution in [0.1, 0.15) is 17.0 Å². The Morgan fingerprint density at radius 2 is 1.64 bits per heavy atom. The van der Waals surface area contributed by atoms with Crippen LogP contribution in [0, 0.1) is 0 Å². The van der Waals surface area contributed by atoms with Crippen LogP contribution in [-0.2, 0) is 16.0 Å². The average molecular weight is 370 g/mol. The number of nitrogens with zero attached hydrogens (tertiary/aromatic N) is 4. The van der Waals surface area contributed by atoms with Gasteiger partial charge in [0, 0.05) is 23.4 Å². The summed E-state index contributed by atoms with van der Waals surface area (Å²) in [5.41, 5.74) is 4.32. The predicted octanol–water partition coefficient (Wildman–Crippen LogP) is 3.61. The lowest BCUT2D eigenvalue weighted by Gasteiger charge is -2.07. The predicted molar refractivity (Wildman–Crippen MR) is 107 cm³/mol. The molecule has 0 unspecified atom stereocenters. The Kier molecular flexibility index (Phi) is 4.93. The van der Waals surface area contributed by atoms with Crippen LogP contribution >= 0.6 is 0 Å². The fourth-order valence-electron chi connectivity index (χ4n) is 2.88. The summed E-state index contributed by atoms with van der Waals surface area (Å²) in [6, 6.07) is 23.8. The number of pyridine rings is 1. The Balaban J connectivity index is 1.75. The highest BCUT2D eigenvalue weighted by atomic mass is 16.5. The molecule has 2 heterocycles. The molecule has 0 aliphatic rings. The van der Waals surface area contributed by atoms with Gasteiger partial charge in [-0.25, -0.2) is 14.5 Å². The van der Waals surface area contributed by atoms with E-state index in [-0.39, 0.29) is 12.4 Å². The van der Waals surface area contributed by atoms with Gasteiger partial charge in [0.1, 0.15) is 6.42 Å². The third-order valence-corrected chi connectivity index (χ3v) is 4.23. The zero-order valence-corrected chi connectivity index (χ0v) is 15.3. The second-order valence-corrected chi connectivity index (χ2v) is 6.16. The van der Waals surface area contributed by atoms with Crippen molar-refractivity contribution in [2.75, 3.05) is 7.11 Å². The van der Waals surface area contributed by atoms with E-state index in [1.54, 1.807) is 10.7 Å². The third kappa shape index (κ3) is 3.81. The second-order valence-electron chi connectivity index (χ2n) is 6.16. The van der Waals surface area contributed by atoms with E-state index in [1.807, 2.05) is 72.8 Å². The van der Waals surface area contributed by atoms with Crippen molar-refractivity contribution in [3.63, 3.8) is 0 Å². The summed E-state index contributed by atoms with van der Waals surface area (Å²) in [5, 5.41) is 4.29. The molecule has 0 aliphatic heterocycles. The topological polar surface area (TPSA) is 68.8 Å². The maximum atomic E-state index is 11.5. The first-order chi connectivity index (χ1) is 13.7. The van der Waals surface area contributed by atoms with Gasteiger partial charge in [-0.2, -0.15) is 5.10 Å². The summed E-state index contributed by atoms with van der Waals surface area (Å²) in [5.74, 6) is 0.0453. The van der Waals surface area contributed by atoms with E-state index >= 15 is 0 Å². The lowest BCUT2D eigenvalue weighted by atomic mass is 10.0. The molecular weight excluding hydrogens is 352 g/mol. The summed E-state index contributed by atoms with van der Waals surface area (Å²) in [6.07, 6.45) is 1.83. The van der Waals surface area contributed by atoms with Gasteiger partial charge < -0.3 is 4.74 Å². The number of ether oxygens (including phenoxy) is 1. The molecule has 0 N–H and O–H groups in total. The van der Waals surface area contributed by atoms with Crippen molar-refractivity contribution >= 4 is 23.0 Å². The lowest BCUT2D eigenvalue weighted by molar-refractivity contribution is -0.139. The number of benzene rings is 2. The monoisotopic (exact) mass is 370 g/mol. The molecule has 0 atom stereocenters. The van der Waals surface area contributed by atoms with Crippen molar-refractivity contribution in [2.45, 2.75) is 6.42 Å². The third-order valence-electron chi connectivity index (χ3n) is 4.23. The van der Waals surface area contributed by atoms with E-state index in [1.165, 1.54) is 7.11 Å². The molecule has 0 fully saturated rings. The van der Waals surface area contributed by atoms with Gasteiger partial charge in [-0.1, -0.05) is 60.7 Å². The van der Waals surface area contributed by atoms with E-state index in [4.69, 9.17) is 4.99 Å². The number of rotatable bonds is 5. The molecule has 6 heteroatoms. The van der Waals surface area contributed by atoms with Gasteiger partial charge in [-0.15, -0.1) is 0 Å². The van der Waals surface area contributed by atoms with Crippen molar-refractivity contribution in [1.82, 2.24) is 14.6 Å². The molecule has 4 rings (SSSR count). The number of aromatic nitrogens is 3. The van der Waals surface area contributed by atoms with Crippen LogP contribution in [0.5, 0.6) is 0 Å². The molecule has 0 bridgehead atoms. The van der Waals surface area contributed by atoms with E-state index in [9.17, 15) is 4.79 Å². The van der Waals surface area contributed by atoms with Crippen LogP contribution in [0.3, 0.4) is 0 Å². The Morgan fingerprint density at radius 1 is 1.00 bits per heavy atom. The fraction of sp³-hybridized carbons (Fsp3) is 0.0909. The highest BCUT2D eigenvalue weighted by Gasteiger charge is 2.11. The minimum absolute atomic E-state index is 0.0378. The number of fused-ring (bicyclic) bond motifs is 1. The Labute approximate surface area is 162 Å². The van der Waals surface area contributed by atoms with Gasteiger partial charge in [0.05, 0.1) is 18.5 Å². The lowest BCUT2D eigenvalue weighted by Crippen LogP contribution is -2.05. The number of methoxy groups -OCH3 is 1. The van der Waals surface area contributed by atoms with Gasteiger partial charge in [0.15, 0.2) is 11.5 Å². The SMILES string of the molecule is COC(=O)Cc1nc2cc(N=C(c3ccccc3)c3ccccc3)ccn2n1. The first-order valence-electron chi connectivity index (χ1n) is 8.84. The van der Waals surface area contributed by atoms with E-state index < -0.39 is 0 Å². The van der Waals surface area contributed by atoms with Crippen molar-refractivity contribution in [3.05, 3.63) is 95.9 Å². The first kappa shape index (κ1) is 17.6. The quantitative estimate of drug-likeness (QED) is 0.397. The van der Waals surface area contributed by atoms with Crippen LogP contribution in [0.4, 0.5) is 5.69 Å². The molecule has 4 aromatic rings. The number of hydrogen-bond donors (Lipinski definition) is 0. The van der Waals surface area contributed by atoms with Crippen LogP contribution in [0.15, 0.2) is 84.0 Å². The number of hydrogen-bond acceptors (Lipinski definition) is 5. The summed E-state index contributed by atoms with van der Waals surface area (Å²) in [6.45, 7) is 0. The molecule has 138 valence electrons. The molecule has 0 spiro atoms. The summed E-state index contributed by atoms with van der Waals surface area (Å²) in [7, 11) is 1.35. The van der Waals surface area contributed by atoms with Crippen LogP contribution in [0.25, 0.3) is 5.65 Å². The van der Waals surface area contributed by atoms with Gasteiger partial charge in [0.25, 0.3) is 0 Å². The van der Waals surface area contributed by atoms with Gasteiger partial charge in [0.2, 0.25) is 0 Å². The Hall–Kier alpha value is -3.80. The van der Waals surface area contributed by atoms with Crippen LogP contribution < -0.4 is 0 Å². The Morgan fingerprint density at radius 3 is 2.25 bits per heavy atom. The normalized spacial score (nSPS) is 10.6.